The number of nitrogens with one attached hydrogen (secondary N) is 2. The van der Waals surface area contributed by atoms with Gasteiger partial charge < -0.3 is 26.4 Å². The lowest BCUT2D eigenvalue weighted by molar-refractivity contribution is -0.143. The summed E-state index contributed by atoms with van der Waals surface area (Å²) in [7, 11) is 0. The van der Waals surface area contributed by atoms with E-state index in [4.69, 9.17) is 5.73 Å². The molecule has 3 atom stereocenters. The zero-order valence-corrected chi connectivity index (χ0v) is 18.6. The zero-order valence-electron chi connectivity index (χ0n) is 18.6. The topological polar surface area (TPSA) is 142 Å². The number of carboxylic acid groups (broad SMARTS) is 1. The number of aliphatic carboxylic acids is 1. The van der Waals surface area contributed by atoms with Gasteiger partial charge in [-0.1, -0.05) is 39.0 Å². The van der Waals surface area contributed by atoms with E-state index in [1.807, 2.05) is 0 Å². The van der Waals surface area contributed by atoms with Crippen molar-refractivity contribution < 1.29 is 24.3 Å². The van der Waals surface area contributed by atoms with Crippen LogP contribution in [-0.4, -0.2) is 64.9 Å². The van der Waals surface area contributed by atoms with Crippen LogP contribution in [0.3, 0.4) is 0 Å². The van der Waals surface area contributed by atoms with E-state index in [2.05, 4.69) is 10.6 Å². The maximum Gasteiger partial charge on any atom is 0.326 e. The second kappa shape index (κ2) is 12.6. The van der Waals surface area contributed by atoms with Crippen molar-refractivity contribution in [2.24, 2.45) is 11.7 Å². The number of carbonyl (C=O) groups is 4. The monoisotopic (exact) mass is 438 g/mol. The fourth-order valence-corrected chi connectivity index (χ4v) is 4.60. The Bertz CT molecular complexity index is 635. The lowest BCUT2D eigenvalue weighted by Crippen LogP contribution is -2.55. The second-order valence-electron chi connectivity index (χ2n) is 8.75. The van der Waals surface area contributed by atoms with Gasteiger partial charge in [-0.2, -0.15) is 0 Å². The molecule has 0 spiro atoms. The summed E-state index contributed by atoms with van der Waals surface area (Å²) in [6, 6.07) is -2.38. The number of rotatable bonds is 11. The fraction of sp³-hybridized carbons (Fsp3) is 0.818. The highest BCUT2D eigenvalue weighted by Crippen LogP contribution is 2.28. The highest BCUT2D eigenvalue weighted by molar-refractivity contribution is 5.93. The van der Waals surface area contributed by atoms with Crippen LogP contribution < -0.4 is 16.4 Å². The molecule has 9 heteroatoms. The molecule has 0 aromatic carbocycles. The highest BCUT2D eigenvalue weighted by atomic mass is 16.4. The van der Waals surface area contributed by atoms with Crippen molar-refractivity contribution in [2.75, 3.05) is 13.1 Å². The van der Waals surface area contributed by atoms with Gasteiger partial charge in [-0.25, -0.2) is 4.79 Å². The molecule has 2 aliphatic rings. The second-order valence-corrected chi connectivity index (χ2v) is 8.75. The summed E-state index contributed by atoms with van der Waals surface area (Å²) in [5.74, 6) is -1.66. The first-order valence-electron chi connectivity index (χ1n) is 11.7. The number of likely N-dealkylation sites (tertiary alicyclic amines) is 1. The number of amides is 3. The van der Waals surface area contributed by atoms with Crippen molar-refractivity contribution >= 4 is 23.7 Å². The summed E-state index contributed by atoms with van der Waals surface area (Å²) in [6.07, 6.45) is 8.32. The maximum atomic E-state index is 13.1. The van der Waals surface area contributed by atoms with E-state index in [0.717, 1.165) is 32.1 Å². The molecule has 1 aliphatic heterocycles. The molecule has 0 aromatic rings. The number of carbonyl (C=O) groups excluding carboxylic acids is 3. The van der Waals surface area contributed by atoms with Crippen LogP contribution in [0, 0.1) is 5.92 Å². The number of nitrogens with two attached hydrogens (primary N) is 1. The molecule has 1 saturated carbocycles. The Labute approximate surface area is 184 Å². The van der Waals surface area contributed by atoms with E-state index in [0.29, 0.717) is 44.7 Å². The first kappa shape index (κ1) is 25.1. The van der Waals surface area contributed by atoms with Crippen LogP contribution in [0.4, 0.5) is 0 Å². The minimum Gasteiger partial charge on any atom is -0.480 e. The number of nitrogens with zero attached hydrogens (tertiary/aromatic N) is 1. The first-order chi connectivity index (χ1) is 14.9. The van der Waals surface area contributed by atoms with Crippen LogP contribution in [0.5, 0.6) is 0 Å². The summed E-state index contributed by atoms with van der Waals surface area (Å²) >= 11 is 0. The van der Waals surface area contributed by atoms with Crippen molar-refractivity contribution in [1.29, 1.82) is 0 Å². The summed E-state index contributed by atoms with van der Waals surface area (Å²) in [6.45, 7) is 2.64. The molecule has 176 valence electrons. The normalized spacial score (nSPS) is 21.4. The van der Waals surface area contributed by atoms with Crippen LogP contribution in [0.25, 0.3) is 0 Å². The molecule has 0 aromatic heterocycles. The van der Waals surface area contributed by atoms with Crippen molar-refractivity contribution in [3.63, 3.8) is 0 Å². The molecule has 0 unspecified atom stereocenters. The Morgan fingerprint density at radius 1 is 1.03 bits per heavy atom. The molecule has 0 radical (unpaired) electrons. The van der Waals surface area contributed by atoms with Gasteiger partial charge in [0.1, 0.15) is 18.1 Å². The maximum absolute atomic E-state index is 13.1. The minimum absolute atomic E-state index is 0.0895. The molecule has 2 rings (SSSR count). The van der Waals surface area contributed by atoms with E-state index in [1.165, 1.54) is 6.42 Å². The average molecular weight is 439 g/mol. The van der Waals surface area contributed by atoms with E-state index in [-0.39, 0.29) is 18.2 Å². The van der Waals surface area contributed by atoms with Crippen molar-refractivity contribution in [3.05, 3.63) is 0 Å². The van der Waals surface area contributed by atoms with Crippen LogP contribution in [0.15, 0.2) is 0 Å². The summed E-state index contributed by atoms with van der Waals surface area (Å²) in [4.78, 5) is 51.4. The lowest BCUT2D eigenvalue weighted by Gasteiger charge is -2.30. The van der Waals surface area contributed by atoms with Gasteiger partial charge in [0.25, 0.3) is 0 Å². The average Bonchev–Trinajstić information content (AvgIpc) is 3.25. The van der Waals surface area contributed by atoms with Crippen LogP contribution in [-0.2, 0) is 19.2 Å². The molecule has 1 saturated heterocycles. The largest absolute Gasteiger partial charge is 0.480 e. The summed E-state index contributed by atoms with van der Waals surface area (Å²) in [5.41, 5.74) is 5.49. The predicted octanol–water partition coefficient (Wildman–Crippen LogP) is 1.15. The molecule has 0 bridgehead atoms. The minimum atomic E-state index is -1.09. The molecule has 5 N–H and O–H groups in total. The van der Waals surface area contributed by atoms with Gasteiger partial charge in [-0.15, -0.1) is 0 Å². The van der Waals surface area contributed by atoms with Crippen molar-refractivity contribution in [3.8, 4) is 0 Å². The highest BCUT2D eigenvalue weighted by Gasteiger charge is 2.36. The number of hydrogen-bond donors (Lipinski definition) is 4. The van der Waals surface area contributed by atoms with Gasteiger partial charge in [0.15, 0.2) is 0 Å². The van der Waals surface area contributed by atoms with Crippen LogP contribution in [0.1, 0.15) is 77.6 Å². The third kappa shape index (κ3) is 7.48. The van der Waals surface area contributed by atoms with Crippen LogP contribution in [0.2, 0.25) is 0 Å². The third-order valence-electron chi connectivity index (χ3n) is 6.42. The quantitative estimate of drug-likeness (QED) is 0.381. The van der Waals surface area contributed by atoms with E-state index >= 15 is 0 Å². The van der Waals surface area contributed by atoms with Crippen LogP contribution >= 0.6 is 0 Å². The molecule has 31 heavy (non-hydrogen) atoms. The molecular formula is C22H38N4O5. The van der Waals surface area contributed by atoms with E-state index in [1.54, 1.807) is 11.8 Å². The SMILES string of the molecule is CC[C@H](NC(=O)[C@H](CC1CCCCC1)NC(=O)[C@@H]1CCCN1C(=O)CCCN)C(=O)O. The van der Waals surface area contributed by atoms with Gasteiger partial charge in [-0.05, 0) is 44.6 Å². The van der Waals surface area contributed by atoms with Gasteiger partial charge in [0, 0.05) is 13.0 Å². The Balaban J connectivity index is 2.07. The fourth-order valence-electron chi connectivity index (χ4n) is 4.60. The van der Waals surface area contributed by atoms with Crippen molar-refractivity contribution in [2.45, 2.75) is 95.7 Å². The van der Waals surface area contributed by atoms with E-state index in [9.17, 15) is 24.3 Å². The Kier molecular flexibility index (Phi) is 10.2. The van der Waals surface area contributed by atoms with E-state index < -0.39 is 30.0 Å². The summed E-state index contributed by atoms with van der Waals surface area (Å²) < 4.78 is 0. The van der Waals surface area contributed by atoms with Gasteiger partial charge in [-0.3, -0.25) is 14.4 Å². The molecule has 3 amide bonds. The Morgan fingerprint density at radius 2 is 1.74 bits per heavy atom. The number of carboxylic acids is 1. The summed E-state index contributed by atoms with van der Waals surface area (Å²) in [5, 5.41) is 14.7. The standard InChI is InChI=1S/C22H38N4O5/c1-2-16(22(30)31)24-20(28)17(14-15-8-4-3-5-9-15)25-21(29)18-10-7-13-26(18)19(27)11-6-12-23/h15-18H,2-14,23H2,1H3,(H,24,28)(H,25,29)(H,30,31)/t16-,17-,18-/m0/s1. The molecular weight excluding hydrogens is 400 g/mol. The predicted molar refractivity (Wildman–Crippen MR) is 116 cm³/mol. The van der Waals surface area contributed by atoms with Gasteiger partial charge >= 0.3 is 5.97 Å². The number of hydrogen-bond acceptors (Lipinski definition) is 5. The zero-order chi connectivity index (χ0) is 22.8. The first-order valence-corrected chi connectivity index (χ1v) is 11.7. The molecule has 9 nitrogen and oxygen atoms in total. The smallest absolute Gasteiger partial charge is 0.326 e. The molecule has 1 heterocycles. The van der Waals surface area contributed by atoms with Gasteiger partial charge in [0.05, 0.1) is 0 Å². The molecule has 2 fully saturated rings. The van der Waals surface area contributed by atoms with Crippen molar-refractivity contribution in [1.82, 2.24) is 15.5 Å². The molecule has 1 aliphatic carbocycles. The van der Waals surface area contributed by atoms with Gasteiger partial charge in [0.2, 0.25) is 17.7 Å². The Hall–Kier alpha value is -2.16. The Morgan fingerprint density at radius 3 is 2.35 bits per heavy atom. The lowest BCUT2D eigenvalue weighted by atomic mass is 9.84. The third-order valence-corrected chi connectivity index (χ3v) is 6.42.